The topological polar surface area (TPSA) is 72.0 Å². The Morgan fingerprint density at radius 2 is 2.00 bits per heavy atom. The summed E-state index contributed by atoms with van der Waals surface area (Å²) in [6.07, 6.45) is 0. The van der Waals surface area contributed by atoms with Crippen molar-refractivity contribution in [1.29, 1.82) is 0 Å². The van der Waals surface area contributed by atoms with Crippen molar-refractivity contribution < 1.29 is 9.59 Å². The largest absolute Gasteiger partial charge is 0.301 e. The number of hydrogen-bond acceptors (Lipinski definition) is 6. The van der Waals surface area contributed by atoms with Crippen LogP contribution in [0.25, 0.3) is 0 Å². The van der Waals surface area contributed by atoms with Crippen LogP contribution in [0.5, 0.6) is 0 Å². The van der Waals surface area contributed by atoms with E-state index < -0.39 is 0 Å². The second-order valence-electron chi connectivity index (χ2n) is 3.77. The normalized spacial score (nSPS) is 10.3. The Morgan fingerprint density at radius 3 is 2.65 bits per heavy atom. The third kappa shape index (κ3) is 4.53. The molecule has 0 aliphatic carbocycles. The molecule has 1 N–H and O–H groups in total. The number of ketones is 1. The van der Waals surface area contributed by atoms with E-state index in [9.17, 15) is 9.59 Å². The van der Waals surface area contributed by atoms with Crippen LogP contribution >= 0.6 is 45.7 Å². The third-order valence-electron chi connectivity index (χ3n) is 2.18. The Kier molecular flexibility index (Phi) is 5.49. The van der Waals surface area contributed by atoms with Gasteiger partial charge in [-0.2, -0.15) is 0 Å². The summed E-state index contributed by atoms with van der Waals surface area (Å²) in [4.78, 5) is 22.8. The summed E-state index contributed by atoms with van der Waals surface area (Å²) >= 11 is 4.77. The van der Waals surface area contributed by atoms with Gasteiger partial charge in [0.1, 0.15) is 0 Å². The molecule has 2 rings (SSSR count). The minimum Gasteiger partial charge on any atom is -0.301 e. The molecule has 104 valence electrons. The molecule has 0 fully saturated rings. The van der Waals surface area contributed by atoms with Gasteiger partial charge in [-0.3, -0.25) is 9.59 Å². The van der Waals surface area contributed by atoms with E-state index >= 15 is 0 Å². The molecule has 5 nitrogen and oxygen atoms in total. The van der Waals surface area contributed by atoms with Gasteiger partial charge in [-0.25, -0.2) is 0 Å². The van der Waals surface area contributed by atoms with Crippen molar-refractivity contribution in [1.82, 2.24) is 10.2 Å². The van der Waals surface area contributed by atoms with Crippen LogP contribution in [0.3, 0.4) is 0 Å². The fourth-order valence-electron chi connectivity index (χ4n) is 1.32. The fourth-order valence-corrected chi connectivity index (χ4v) is 3.37. The van der Waals surface area contributed by atoms with Crippen LogP contribution in [-0.2, 0) is 4.79 Å². The summed E-state index contributed by atoms with van der Waals surface area (Å²) in [6, 6.07) is 7.43. The van der Waals surface area contributed by atoms with E-state index in [1.54, 1.807) is 0 Å². The van der Waals surface area contributed by atoms with Gasteiger partial charge in [-0.1, -0.05) is 35.2 Å². The smallest absolute Gasteiger partial charge is 0.223 e. The SMILES string of the molecule is CC(=O)Nc1nnc(SCC(=O)c2ccc(I)cc2)s1. The molecule has 8 heteroatoms. The molecule has 1 heterocycles. The summed E-state index contributed by atoms with van der Waals surface area (Å²) in [5.74, 6) is 0.158. The summed E-state index contributed by atoms with van der Waals surface area (Å²) in [5, 5.41) is 10.7. The summed E-state index contributed by atoms with van der Waals surface area (Å²) in [6.45, 7) is 1.41. The van der Waals surface area contributed by atoms with Crippen LogP contribution in [0, 0.1) is 3.57 Å². The Bertz CT molecular complexity index is 628. The zero-order valence-electron chi connectivity index (χ0n) is 10.4. The van der Waals surface area contributed by atoms with Crippen LogP contribution in [0.1, 0.15) is 17.3 Å². The Labute approximate surface area is 137 Å². The molecule has 2 aromatic rings. The molecule has 1 aromatic carbocycles. The zero-order valence-corrected chi connectivity index (χ0v) is 14.2. The van der Waals surface area contributed by atoms with E-state index in [0.29, 0.717) is 20.8 Å². The van der Waals surface area contributed by atoms with Gasteiger partial charge in [0.2, 0.25) is 11.0 Å². The van der Waals surface area contributed by atoms with E-state index in [4.69, 9.17) is 0 Å². The molecule has 0 aliphatic rings. The van der Waals surface area contributed by atoms with E-state index in [1.165, 1.54) is 30.0 Å². The number of amides is 1. The average molecular weight is 419 g/mol. The van der Waals surface area contributed by atoms with Gasteiger partial charge in [0.05, 0.1) is 5.75 Å². The van der Waals surface area contributed by atoms with E-state index in [0.717, 1.165) is 3.57 Å². The maximum Gasteiger partial charge on any atom is 0.223 e. The van der Waals surface area contributed by atoms with Gasteiger partial charge >= 0.3 is 0 Å². The van der Waals surface area contributed by atoms with Crippen LogP contribution in [0.4, 0.5) is 5.13 Å². The summed E-state index contributed by atoms with van der Waals surface area (Å²) < 4.78 is 1.75. The number of carbonyl (C=O) groups is 2. The number of nitrogens with zero attached hydrogens (tertiary/aromatic N) is 2. The van der Waals surface area contributed by atoms with Gasteiger partial charge in [0.25, 0.3) is 0 Å². The number of anilines is 1. The summed E-state index contributed by atoms with van der Waals surface area (Å²) in [5.41, 5.74) is 0.685. The molecule has 0 bridgehead atoms. The molecule has 1 aromatic heterocycles. The van der Waals surface area contributed by atoms with Gasteiger partial charge in [-0.15, -0.1) is 10.2 Å². The number of halogens is 1. The number of hydrogen-bond donors (Lipinski definition) is 1. The maximum atomic E-state index is 12.0. The zero-order chi connectivity index (χ0) is 14.5. The first-order valence-corrected chi connectivity index (χ1v) is 8.45. The van der Waals surface area contributed by atoms with Gasteiger partial charge in [0.15, 0.2) is 10.1 Å². The lowest BCUT2D eigenvalue weighted by atomic mass is 10.2. The van der Waals surface area contributed by atoms with Crippen LogP contribution in [-0.4, -0.2) is 27.6 Å². The highest BCUT2D eigenvalue weighted by Crippen LogP contribution is 2.26. The van der Waals surface area contributed by atoms with Crippen molar-refractivity contribution in [3.8, 4) is 0 Å². The van der Waals surface area contributed by atoms with Crippen LogP contribution < -0.4 is 5.32 Å². The first-order valence-electron chi connectivity index (χ1n) is 5.57. The number of Topliss-reactive ketones (excluding diaryl/α,β-unsaturated/α-hetero) is 1. The standard InChI is InChI=1S/C12H10IN3O2S2/c1-7(17)14-11-15-16-12(20-11)19-6-10(18)8-2-4-9(13)5-3-8/h2-5H,6H2,1H3,(H,14,15,17). The fraction of sp³-hybridized carbons (Fsp3) is 0.167. The van der Waals surface area contributed by atoms with E-state index in [1.807, 2.05) is 24.3 Å². The van der Waals surface area contributed by atoms with E-state index in [-0.39, 0.29) is 11.7 Å². The average Bonchev–Trinajstić information content (AvgIpc) is 2.83. The third-order valence-corrected chi connectivity index (χ3v) is 4.87. The molecule has 20 heavy (non-hydrogen) atoms. The van der Waals surface area contributed by atoms with Crippen molar-refractivity contribution in [2.75, 3.05) is 11.1 Å². The minimum absolute atomic E-state index is 0.0441. The van der Waals surface area contributed by atoms with Crippen molar-refractivity contribution in [3.05, 3.63) is 33.4 Å². The van der Waals surface area contributed by atoms with E-state index in [2.05, 4.69) is 38.1 Å². The van der Waals surface area contributed by atoms with Crippen LogP contribution in [0.2, 0.25) is 0 Å². The molecule has 0 saturated carbocycles. The lowest BCUT2D eigenvalue weighted by Crippen LogP contribution is -2.04. The highest BCUT2D eigenvalue weighted by atomic mass is 127. The first-order chi connectivity index (χ1) is 9.54. The lowest BCUT2D eigenvalue weighted by Gasteiger charge is -1.99. The Hall–Kier alpha value is -1.000. The molecule has 0 aliphatic heterocycles. The predicted octanol–water partition coefficient (Wildman–Crippen LogP) is 3.08. The molecule has 0 unspecified atom stereocenters. The molecule has 0 radical (unpaired) electrons. The number of carbonyl (C=O) groups excluding carboxylic acids is 2. The molecule has 0 spiro atoms. The maximum absolute atomic E-state index is 12.0. The van der Waals surface area contributed by atoms with Crippen LogP contribution in [0.15, 0.2) is 28.6 Å². The van der Waals surface area contributed by atoms with Gasteiger partial charge < -0.3 is 5.32 Å². The molecular weight excluding hydrogens is 409 g/mol. The Morgan fingerprint density at radius 1 is 1.30 bits per heavy atom. The minimum atomic E-state index is -0.187. The quantitative estimate of drug-likeness (QED) is 0.349. The number of nitrogens with one attached hydrogen (secondary N) is 1. The molecule has 0 saturated heterocycles. The second kappa shape index (κ2) is 7.14. The second-order valence-corrected chi connectivity index (χ2v) is 7.22. The van der Waals surface area contributed by atoms with Gasteiger partial charge in [0, 0.05) is 16.1 Å². The number of rotatable bonds is 5. The highest BCUT2D eigenvalue weighted by Gasteiger charge is 2.10. The monoisotopic (exact) mass is 419 g/mol. The number of thioether (sulfide) groups is 1. The number of benzene rings is 1. The highest BCUT2D eigenvalue weighted by molar-refractivity contribution is 14.1. The number of aromatic nitrogens is 2. The molecule has 0 atom stereocenters. The van der Waals surface area contributed by atoms with Gasteiger partial charge in [-0.05, 0) is 34.7 Å². The van der Waals surface area contributed by atoms with Crippen molar-refractivity contribution in [3.63, 3.8) is 0 Å². The Balaban J connectivity index is 1.91. The predicted molar refractivity (Wildman–Crippen MR) is 88.4 cm³/mol. The summed E-state index contributed by atoms with van der Waals surface area (Å²) in [7, 11) is 0. The first kappa shape index (κ1) is 15.4. The lowest BCUT2D eigenvalue weighted by molar-refractivity contribution is -0.114. The van der Waals surface area contributed by atoms with Crippen molar-refractivity contribution in [2.24, 2.45) is 0 Å². The molecular formula is C12H10IN3O2S2. The van der Waals surface area contributed by atoms with Crippen molar-refractivity contribution in [2.45, 2.75) is 11.3 Å². The molecule has 1 amide bonds. The van der Waals surface area contributed by atoms with Crippen molar-refractivity contribution >= 4 is 62.5 Å².